The summed E-state index contributed by atoms with van der Waals surface area (Å²) in [4.78, 5) is 23.7. The van der Waals surface area contributed by atoms with E-state index in [-0.39, 0.29) is 18.6 Å². The molecular weight excluding hydrogens is 338 g/mol. The third-order valence-electron chi connectivity index (χ3n) is 4.06. The van der Waals surface area contributed by atoms with Gasteiger partial charge < -0.3 is 10.1 Å². The lowest BCUT2D eigenvalue weighted by Gasteiger charge is -2.15. The summed E-state index contributed by atoms with van der Waals surface area (Å²) < 4.78 is 4.99. The van der Waals surface area contributed by atoms with E-state index < -0.39 is 5.97 Å². The Kier molecular flexibility index (Phi) is 7.80. The zero-order valence-electron chi connectivity index (χ0n) is 16.1. The molecule has 2 aromatic rings. The summed E-state index contributed by atoms with van der Waals surface area (Å²) in [5.74, 6) is -0.256. The van der Waals surface area contributed by atoms with Crippen LogP contribution in [0.3, 0.4) is 0 Å². The van der Waals surface area contributed by atoms with Gasteiger partial charge in [0.2, 0.25) is 0 Å². The first kappa shape index (κ1) is 20.4. The molecule has 0 fully saturated rings. The molecule has 1 atom stereocenters. The molecule has 0 unspecified atom stereocenters. The maximum atomic E-state index is 12.0. The number of nitrogens with one attached hydrogen (secondary N) is 1. The van der Waals surface area contributed by atoms with Crippen LogP contribution in [0.5, 0.6) is 0 Å². The zero-order valence-corrected chi connectivity index (χ0v) is 16.1. The Hall–Kier alpha value is -2.88. The predicted molar refractivity (Wildman–Crippen MR) is 108 cm³/mol. The fourth-order valence-electron chi connectivity index (χ4n) is 2.69. The molecule has 0 bridgehead atoms. The van der Waals surface area contributed by atoms with Crippen LogP contribution in [0.4, 0.5) is 0 Å². The normalized spacial score (nSPS) is 12.1. The van der Waals surface area contributed by atoms with Gasteiger partial charge in [-0.3, -0.25) is 4.79 Å². The van der Waals surface area contributed by atoms with Gasteiger partial charge in [0.15, 0.2) is 6.61 Å². The third-order valence-corrected chi connectivity index (χ3v) is 4.06. The molecule has 0 radical (unpaired) electrons. The smallest absolute Gasteiger partial charge is 0.331 e. The second-order valence-electron chi connectivity index (χ2n) is 6.98. The summed E-state index contributed by atoms with van der Waals surface area (Å²) in [6.07, 6.45) is 4.01. The quantitative estimate of drug-likeness (QED) is 0.560. The highest BCUT2D eigenvalue weighted by atomic mass is 16.5. The average molecular weight is 365 g/mol. The van der Waals surface area contributed by atoms with Crippen molar-refractivity contribution in [2.24, 2.45) is 5.92 Å². The van der Waals surface area contributed by atoms with Crippen LogP contribution in [-0.4, -0.2) is 18.5 Å². The van der Waals surface area contributed by atoms with Crippen LogP contribution in [0.15, 0.2) is 60.7 Å². The van der Waals surface area contributed by atoms with Crippen molar-refractivity contribution in [3.63, 3.8) is 0 Å². The van der Waals surface area contributed by atoms with Gasteiger partial charge in [0.05, 0.1) is 6.04 Å². The number of carbonyl (C=O) groups is 2. The van der Waals surface area contributed by atoms with E-state index in [1.54, 1.807) is 6.08 Å². The molecule has 2 aromatic carbocycles. The highest BCUT2D eigenvalue weighted by Gasteiger charge is 2.11. The molecule has 0 spiro atoms. The van der Waals surface area contributed by atoms with E-state index in [0.29, 0.717) is 5.92 Å². The Bertz CT molecular complexity index is 764. The van der Waals surface area contributed by atoms with Crippen LogP contribution in [0.25, 0.3) is 6.08 Å². The second kappa shape index (κ2) is 10.3. The van der Waals surface area contributed by atoms with Crippen LogP contribution in [0, 0.1) is 5.92 Å². The van der Waals surface area contributed by atoms with Crippen molar-refractivity contribution < 1.29 is 14.3 Å². The first-order chi connectivity index (χ1) is 12.9. The molecule has 0 saturated carbocycles. The summed E-state index contributed by atoms with van der Waals surface area (Å²) in [6, 6.07) is 17.5. The van der Waals surface area contributed by atoms with E-state index in [0.717, 1.165) is 17.5 Å². The summed E-state index contributed by atoms with van der Waals surface area (Å²) in [6.45, 7) is 5.99. The Morgan fingerprint density at radius 3 is 2.30 bits per heavy atom. The highest BCUT2D eigenvalue weighted by molar-refractivity contribution is 5.89. The van der Waals surface area contributed by atoms with Gasteiger partial charge in [-0.05, 0) is 42.0 Å². The molecule has 4 heteroatoms. The van der Waals surface area contributed by atoms with Crippen molar-refractivity contribution in [2.75, 3.05) is 6.61 Å². The van der Waals surface area contributed by atoms with Crippen LogP contribution >= 0.6 is 0 Å². The second-order valence-corrected chi connectivity index (χ2v) is 6.98. The van der Waals surface area contributed by atoms with Gasteiger partial charge in [0, 0.05) is 6.08 Å². The number of amides is 1. The maximum absolute atomic E-state index is 12.0. The molecule has 27 heavy (non-hydrogen) atoms. The first-order valence-electron chi connectivity index (χ1n) is 9.22. The van der Waals surface area contributed by atoms with Gasteiger partial charge in [-0.25, -0.2) is 4.79 Å². The van der Waals surface area contributed by atoms with Gasteiger partial charge in [-0.1, -0.05) is 68.4 Å². The molecule has 2 rings (SSSR count). The van der Waals surface area contributed by atoms with Crippen LogP contribution in [0.2, 0.25) is 0 Å². The SMILES string of the molecule is CC(C)Cc1ccc([C@@H](C)NC(=O)COC(=O)/C=C/c2ccccc2)cc1. The summed E-state index contributed by atoms with van der Waals surface area (Å²) in [7, 11) is 0. The van der Waals surface area contributed by atoms with Crippen molar-refractivity contribution in [2.45, 2.75) is 33.2 Å². The minimum atomic E-state index is -0.542. The number of hydrogen-bond donors (Lipinski definition) is 1. The number of benzene rings is 2. The van der Waals surface area contributed by atoms with E-state index in [2.05, 4.69) is 31.3 Å². The van der Waals surface area contributed by atoms with E-state index in [9.17, 15) is 9.59 Å². The number of rotatable bonds is 8. The minimum absolute atomic E-state index is 0.149. The topological polar surface area (TPSA) is 55.4 Å². The Balaban J connectivity index is 1.77. The molecular formula is C23H27NO3. The molecule has 0 aromatic heterocycles. The summed E-state index contributed by atoms with van der Waals surface area (Å²) >= 11 is 0. The van der Waals surface area contributed by atoms with E-state index in [4.69, 9.17) is 4.74 Å². The van der Waals surface area contributed by atoms with Crippen LogP contribution < -0.4 is 5.32 Å². The minimum Gasteiger partial charge on any atom is -0.452 e. The van der Waals surface area contributed by atoms with Crippen molar-refractivity contribution in [3.05, 3.63) is 77.4 Å². The van der Waals surface area contributed by atoms with E-state index in [1.165, 1.54) is 11.6 Å². The molecule has 142 valence electrons. The number of hydrogen-bond acceptors (Lipinski definition) is 3. The molecule has 0 saturated heterocycles. The number of esters is 1. The molecule has 0 aliphatic heterocycles. The lowest BCUT2D eigenvalue weighted by atomic mass is 10.00. The number of carbonyl (C=O) groups excluding carboxylic acids is 2. The van der Waals surface area contributed by atoms with Crippen molar-refractivity contribution in [3.8, 4) is 0 Å². The predicted octanol–water partition coefficient (Wildman–Crippen LogP) is 4.32. The van der Waals surface area contributed by atoms with E-state index >= 15 is 0 Å². The largest absolute Gasteiger partial charge is 0.452 e. The molecule has 0 aliphatic rings. The van der Waals surface area contributed by atoms with Crippen molar-refractivity contribution >= 4 is 18.0 Å². The highest BCUT2D eigenvalue weighted by Crippen LogP contribution is 2.15. The lowest BCUT2D eigenvalue weighted by molar-refractivity contribution is -0.144. The molecule has 4 nitrogen and oxygen atoms in total. The van der Waals surface area contributed by atoms with Gasteiger partial charge in [0.25, 0.3) is 5.91 Å². The number of ether oxygens (including phenoxy) is 1. The maximum Gasteiger partial charge on any atom is 0.331 e. The zero-order chi connectivity index (χ0) is 19.6. The average Bonchev–Trinajstić information content (AvgIpc) is 2.65. The first-order valence-corrected chi connectivity index (χ1v) is 9.22. The Labute approximate surface area is 161 Å². The third kappa shape index (κ3) is 7.48. The lowest BCUT2D eigenvalue weighted by Crippen LogP contribution is -2.30. The fraction of sp³-hybridized carbons (Fsp3) is 0.304. The monoisotopic (exact) mass is 365 g/mol. The van der Waals surface area contributed by atoms with Crippen LogP contribution in [0.1, 0.15) is 43.5 Å². The molecule has 0 heterocycles. The fourth-order valence-corrected chi connectivity index (χ4v) is 2.69. The molecule has 1 amide bonds. The van der Waals surface area contributed by atoms with Gasteiger partial charge in [0.1, 0.15) is 0 Å². The summed E-state index contributed by atoms with van der Waals surface area (Å²) in [5.41, 5.74) is 3.20. The Morgan fingerprint density at radius 1 is 1.00 bits per heavy atom. The van der Waals surface area contributed by atoms with Crippen molar-refractivity contribution in [1.29, 1.82) is 0 Å². The molecule has 0 aliphatic carbocycles. The van der Waals surface area contributed by atoms with Crippen LogP contribution in [-0.2, 0) is 20.7 Å². The van der Waals surface area contributed by atoms with Gasteiger partial charge in [-0.15, -0.1) is 0 Å². The summed E-state index contributed by atoms with van der Waals surface area (Å²) in [5, 5.41) is 2.85. The Morgan fingerprint density at radius 2 is 1.67 bits per heavy atom. The standard InChI is InChI=1S/C23H27NO3/c1-17(2)15-20-9-12-21(13-10-20)18(3)24-22(25)16-27-23(26)14-11-19-7-5-4-6-8-19/h4-14,17-18H,15-16H2,1-3H3,(H,24,25)/b14-11+/t18-/m1/s1. The van der Waals surface area contributed by atoms with Gasteiger partial charge >= 0.3 is 5.97 Å². The van der Waals surface area contributed by atoms with Crippen molar-refractivity contribution in [1.82, 2.24) is 5.32 Å². The van der Waals surface area contributed by atoms with E-state index in [1.807, 2.05) is 49.4 Å². The molecule has 1 N–H and O–H groups in total. The van der Waals surface area contributed by atoms with Gasteiger partial charge in [-0.2, -0.15) is 0 Å².